The molecule has 0 bridgehead atoms. The van der Waals surface area contributed by atoms with Crippen LogP contribution in [0.4, 0.5) is 18.9 Å². The van der Waals surface area contributed by atoms with Crippen molar-refractivity contribution in [3.8, 4) is 0 Å². The van der Waals surface area contributed by atoms with Gasteiger partial charge in [-0.25, -0.2) is 0 Å². The number of pyridine rings is 1. The molecule has 1 atom stereocenters. The van der Waals surface area contributed by atoms with Gasteiger partial charge in [0.2, 0.25) is 10.0 Å². The SMILES string of the molecule is Cc1cc([SH]2CCN=C2CCC(F)(F)F)ccc1C(=O)N=[N+]=Nc1cccc2cccnc12. The molecule has 0 aliphatic carbocycles. The lowest BCUT2D eigenvalue weighted by molar-refractivity contribution is -0.132. The maximum Gasteiger partial charge on any atom is 0.389 e. The smallest absolute Gasteiger partial charge is 0.284 e. The first-order valence-corrected chi connectivity index (χ1v) is 11.8. The molecule has 0 fully saturated rings. The Labute approximate surface area is 190 Å². The Balaban J connectivity index is 1.50. The lowest BCUT2D eigenvalue weighted by Crippen LogP contribution is -2.10. The van der Waals surface area contributed by atoms with Crippen LogP contribution in [0.25, 0.3) is 10.9 Å². The van der Waals surface area contributed by atoms with Crippen LogP contribution in [0.5, 0.6) is 0 Å². The molecule has 1 aliphatic heterocycles. The summed E-state index contributed by atoms with van der Waals surface area (Å²) in [6, 6.07) is 14.5. The van der Waals surface area contributed by atoms with Crippen molar-refractivity contribution >= 4 is 38.4 Å². The molecule has 6 nitrogen and oxygen atoms in total. The quantitative estimate of drug-likeness (QED) is 0.276. The second-order valence-electron chi connectivity index (χ2n) is 7.51. The first-order chi connectivity index (χ1) is 15.8. The van der Waals surface area contributed by atoms with Crippen LogP contribution in [0.2, 0.25) is 0 Å². The molecule has 10 heteroatoms. The number of thiol groups is 1. The molecule has 33 heavy (non-hydrogen) atoms. The number of amides is 1. The number of benzene rings is 2. The number of hydrogen-bond donors (Lipinski definition) is 1. The molecule has 3 aromatic rings. The molecule has 0 saturated carbocycles. The molecule has 2 aromatic carbocycles. The topological polar surface area (TPSA) is 81.1 Å². The molecular weight excluding hydrogens is 451 g/mol. The summed E-state index contributed by atoms with van der Waals surface area (Å²) >= 11 is 0. The minimum absolute atomic E-state index is 0.0757. The molecule has 0 N–H and O–H groups in total. The maximum atomic E-state index is 12.6. The highest BCUT2D eigenvalue weighted by Crippen LogP contribution is 2.44. The van der Waals surface area contributed by atoms with Gasteiger partial charge in [0.25, 0.3) is 0 Å². The summed E-state index contributed by atoms with van der Waals surface area (Å²) in [4.78, 5) is 25.8. The van der Waals surface area contributed by atoms with Crippen molar-refractivity contribution < 1.29 is 18.0 Å². The summed E-state index contributed by atoms with van der Waals surface area (Å²) in [7, 11) is -0.904. The fourth-order valence-corrected chi connectivity index (χ4v) is 6.00. The number of para-hydroxylation sites is 1. The predicted molar refractivity (Wildman–Crippen MR) is 124 cm³/mol. The molecular formula is C23H21F3N5OS+. The van der Waals surface area contributed by atoms with Gasteiger partial charge in [-0.1, -0.05) is 18.2 Å². The van der Waals surface area contributed by atoms with Gasteiger partial charge in [-0.3, -0.25) is 14.8 Å². The average molecular weight is 473 g/mol. The van der Waals surface area contributed by atoms with Crippen LogP contribution in [0.15, 0.2) is 74.8 Å². The second-order valence-corrected chi connectivity index (χ2v) is 9.85. The Morgan fingerprint density at radius 1 is 1.18 bits per heavy atom. The normalized spacial score (nSPS) is 16.8. The number of aryl methyl sites for hydroxylation is 1. The zero-order chi connectivity index (χ0) is 23.4. The Morgan fingerprint density at radius 3 is 2.79 bits per heavy atom. The lowest BCUT2D eigenvalue weighted by Gasteiger charge is -2.19. The number of carbonyl (C=O) groups excluding carboxylic acids is 1. The number of rotatable bonds is 5. The highest BCUT2D eigenvalue weighted by atomic mass is 32.2. The monoisotopic (exact) mass is 472 g/mol. The van der Waals surface area contributed by atoms with E-state index in [0.29, 0.717) is 33.9 Å². The van der Waals surface area contributed by atoms with E-state index in [0.717, 1.165) is 16.0 Å². The summed E-state index contributed by atoms with van der Waals surface area (Å²) in [6.45, 7) is 2.31. The molecule has 0 spiro atoms. The number of hydrogen-bond acceptors (Lipinski definition) is 4. The van der Waals surface area contributed by atoms with E-state index in [-0.39, 0.29) is 6.42 Å². The number of alkyl halides is 3. The standard InChI is InChI=1S/C23H21F3N5OS/c1-15-14-17(33-13-12-27-20(33)9-10-23(24,25)26)7-8-18(15)22(32)30-31-29-19-6-2-4-16-5-3-11-28-21(16)19/h2-8,11,14,33H,9-10,12-13H2,1H3/q+1. The molecule has 1 aromatic heterocycles. The van der Waals surface area contributed by atoms with Gasteiger partial charge in [0.1, 0.15) is 5.52 Å². The molecule has 0 radical (unpaired) electrons. The molecule has 0 saturated heterocycles. The Morgan fingerprint density at radius 2 is 2.00 bits per heavy atom. The van der Waals surface area contributed by atoms with Crippen molar-refractivity contribution in [3.63, 3.8) is 0 Å². The molecule has 1 amide bonds. The van der Waals surface area contributed by atoms with Gasteiger partial charge in [0.05, 0.1) is 10.6 Å². The molecule has 1 aliphatic rings. The summed E-state index contributed by atoms with van der Waals surface area (Å²) < 4.78 is 37.8. The molecule has 2 heterocycles. The highest BCUT2D eigenvalue weighted by molar-refractivity contribution is 8.30. The van der Waals surface area contributed by atoms with E-state index < -0.39 is 29.4 Å². The van der Waals surface area contributed by atoms with Crippen LogP contribution in [0.3, 0.4) is 0 Å². The number of carbonyl (C=O) groups is 1. The zero-order valence-electron chi connectivity index (χ0n) is 17.8. The largest absolute Gasteiger partial charge is 0.389 e. The van der Waals surface area contributed by atoms with Gasteiger partial charge >= 0.3 is 12.1 Å². The van der Waals surface area contributed by atoms with Crippen molar-refractivity contribution in [2.24, 2.45) is 15.2 Å². The minimum Gasteiger partial charge on any atom is -0.284 e. The number of aliphatic imine (C=N–C) groups is 1. The van der Waals surface area contributed by atoms with E-state index in [2.05, 4.69) is 25.1 Å². The third kappa shape index (κ3) is 5.53. The fraction of sp³-hybridized carbons (Fsp3) is 0.261. The molecule has 1 unspecified atom stereocenters. The van der Waals surface area contributed by atoms with Crippen molar-refractivity contribution in [1.82, 2.24) is 9.90 Å². The van der Waals surface area contributed by atoms with Gasteiger partial charge < -0.3 is 0 Å². The van der Waals surface area contributed by atoms with E-state index in [1.54, 1.807) is 31.3 Å². The summed E-state index contributed by atoms with van der Waals surface area (Å²) in [5.41, 5.74) is 2.23. The highest BCUT2D eigenvalue weighted by Gasteiger charge is 2.30. The lowest BCUT2D eigenvalue weighted by atomic mass is 10.1. The first-order valence-electron chi connectivity index (χ1n) is 10.3. The van der Waals surface area contributed by atoms with Crippen molar-refractivity contribution in [1.29, 1.82) is 0 Å². The minimum atomic E-state index is -4.20. The first kappa shape index (κ1) is 22.8. The number of nitrogens with zero attached hydrogens (tertiary/aromatic N) is 5. The van der Waals surface area contributed by atoms with Gasteiger partial charge in [-0.15, -0.1) is 0 Å². The Kier molecular flexibility index (Phi) is 6.67. The van der Waals surface area contributed by atoms with Crippen LogP contribution in [-0.2, 0) is 0 Å². The zero-order valence-corrected chi connectivity index (χ0v) is 18.6. The van der Waals surface area contributed by atoms with E-state index in [4.69, 9.17) is 0 Å². The average Bonchev–Trinajstić information content (AvgIpc) is 3.26. The fourth-order valence-electron chi connectivity index (χ4n) is 3.63. The Bertz CT molecular complexity index is 1290. The summed E-state index contributed by atoms with van der Waals surface area (Å²) in [5, 5.41) is 9.26. The van der Waals surface area contributed by atoms with Crippen LogP contribution in [0.1, 0.15) is 28.8 Å². The van der Waals surface area contributed by atoms with Gasteiger partial charge in [0.15, 0.2) is 10.8 Å². The predicted octanol–water partition coefficient (Wildman–Crippen LogP) is 6.10. The van der Waals surface area contributed by atoms with Gasteiger partial charge in [-0.05, 0) is 47.7 Å². The molecule has 170 valence electrons. The number of halogens is 3. The summed E-state index contributed by atoms with van der Waals surface area (Å²) in [6.07, 6.45) is -3.49. The third-order valence-electron chi connectivity index (χ3n) is 5.21. The van der Waals surface area contributed by atoms with Crippen LogP contribution < -0.4 is 4.91 Å². The van der Waals surface area contributed by atoms with Crippen molar-refractivity contribution in [3.05, 3.63) is 65.9 Å². The van der Waals surface area contributed by atoms with Crippen molar-refractivity contribution in [2.75, 3.05) is 12.3 Å². The van der Waals surface area contributed by atoms with E-state index >= 15 is 0 Å². The Hall–Kier alpha value is -3.36. The number of aromatic nitrogens is 1. The van der Waals surface area contributed by atoms with Crippen LogP contribution >= 0.6 is 10.9 Å². The van der Waals surface area contributed by atoms with Crippen molar-refractivity contribution in [2.45, 2.75) is 30.8 Å². The third-order valence-corrected chi connectivity index (χ3v) is 7.75. The van der Waals surface area contributed by atoms with E-state index in [1.165, 1.54) is 0 Å². The van der Waals surface area contributed by atoms with E-state index in [1.807, 2.05) is 30.3 Å². The maximum absolute atomic E-state index is 12.6. The molecule has 4 rings (SSSR count). The van der Waals surface area contributed by atoms with Gasteiger partial charge in [0, 0.05) is 36.7 Å². The van der Waals surface area contributed by atoms with Crippen LogP contribution in [0, 0.1) is 6.92 Å². The van der Waals surface area contributed by atoms with Crippen LogP contribution in [-0.4, -0.2) is 34.4 Å². The second kappa shape index (κ2) is 9.64. The summed E-state index contributed by atoms with van der Waals surface area (Å²) in [5.74, 6) is 0.188. The number of fused-ring (bicyclic) bond motifs is 1. The van der Waals surface area contributed by atoms with Gasteiger partial charge in [-0.2, -0.15) is 24.1 Å². The van der Waals surface area contributed by atoms with E-state index in [9.17, 15) is 18.0 Å².